The lowest BCUT2D eigenvalue weighted by molar-refractivity contribution is -0.148. The van der Waals surface area contributed by atoms with Gasteiger partial charge in [-0.1, -0.05) is 13.3 Å². The van der Waals surface area contributed by atoms with E-state index in [9.17, 15) is 18.3 Å². The van der Waals surface area contributed by atoms with Gasteiger partial charge in [-0.3, -0.25) is 9.78 Å². The predicted molar refractivity (Wildman–Crippen MR) is 72.6 cm³/mol. The van der Waals surface area contributed by atoms with Crippen molar-refractivity contribution >= 4 is 16.0 Å². The van der Waals surface area contributed by atoms with E-state index in [1.54, 1.807) is 6.07 Å². The van der Waals surface area contributed by atoms with Gasteiger partial charge in [0, 0.05) is 25.5 Å². The molecule has 2 rings (SSSR count). The maximum absolute atomic E-state index is 12.4. The monoisotopic (exact) mass is 298 g/mol. The van der Waals surface area contributed by atoms with Crippen molar-refractivity contribution in [1.29, 1.82) is 0 Å². The second-order valence-corrected chi connectivity index (χ2v) is 7.05. The molecule has 0 spiro atoms. The highest BCUT2D eigenvalue weighted by Gasteiger charge is 2.47. The van der Waals surface area contributed by atoms with Crippen LogP contribution in [0, 0.1) is 5.41 Å². The molecule has 1 atom stereocenters. The summed E-state index contributed by atoms with van der Waals surface area (Å²) in [6, 6.07) is 3.03. The maximum atomic E-state index is 12.4. The molecule has 1 N–H and O–H groups in total. The molecule has 1 fully saturated rings. The number of aliphatic carboxylic acids is 1. The first-order chi connectivity index (χ1) is 9.42. The summed E-state index contributed by atoms with van der Waals surface area (Å²) in [5.41, 5.74) is -0.954. The summed E-state index contributed by atoms with van der Waals surface area (Å²) in [6.45, 7) is 2.18. The summed E-state index contributed by atoms with van der Waals surface area (Å²) in [4.78, 5) is 15.4. The van der Waals surface area contributed by atoms with Crippen molar-refractivity contribution in [3.63, 3.8) is 0 Å². The van der Waals surface area contributed by atoms with Crippen LogP contribution in [-0.4, -0.2) is 41.9 Å². The second-order valence-electron chi connectivity index (χ2n) is 5.11. The predicted octanol–water partition coefficient (Wildman–Crippen LogP) is 1.35. The van der Waals surface area contributed by atoms with Gasteiger partial charge in [-0.2, -0.15) is 4.31 Å². The molecular weight excluding hydrogens is 280 g/mol. The molecule has 20 heavy (non-hydrogen) atoms. The average Bonchev–Trinajstić information content (AvgIpc) is 2.87. The highest BCUT2D eigenvalue weighted by Crippen LogP contribution is 2.37. The number of pyridine rings is 1. The lowest BCUT2D eigenvalue weighted by Gasteiger charge is -2.24. The Morgan fingerprint density at radius 1 is 1.55 bits per heavy atom. The Hall–Kier alpha value is -1.47. The zero-order chi connectivity index (χ0) is 14.8. The number of carboxylic acids is 1. The van der Waals surface area contributed by atoms with Crippen LogP contribution in [-0.2, 0) is 14.8 Å². The van der Waals surface area contributed by atoms with Gasteiger partial charge in [0.05, 0.1) is 5.41 Å². The quantitative estimate of drug-likeness (QED) is 0.886. The van der Waals surface area contributed by atoms with Gasteiger partial charge in [-0.05, 0) is 25.0 Å². The standard InChI is InChI=1S/C13H18N2O4S/c1-2-5-13(12(16)17)6-8-15(10-13)20(18,19)11-4-3-7-14-9-11/h3-4,7,9H,2,5-6,8,10H2,1H3,(H,16,17). The second kappa shape index (κ2) is 5.49. The molecule has 1 aromatic heterocycles. The van der Waals surface area contributed by atoms with Crippen molar-refractivity contribution in [2.45, 2.75) is 31.1 Å². The van der Waals surface area contributed by atoms with Crippen LogP contribution in [0.25, 0.3) is 0 Å². The minimum atomic E-state index is -3.65. The van der Waals surface area contributed by atoms with E-state index in [4.69, 9.17) is 0 Å². The summed E-state index contributed by atoms with van der Waals surface area (Å²) < 4.78 is 26.1. The molecule has 1 aliphatic heterocycles. The van der Waals surface area contributed by atoms with Crippen molar-refractivity contribution < 1.29 is 18.3 Å². The molecule has 0 radical (unpaired) electrons. The molecule has 2 heterocycles. The van der Waals surface area contributed by atoms with Gasteiger partial charge in [0.25, 0.3) is 0 Å². The normalized spacial score (nSPS) is 23.9. The van der Waals surface area contributed by atoms with E-state index in [0.717, 1.165) is 0 Å². The van der Waals surface area contributed by atoms with Crippen LogP contribution >= 0.6 is 0 Å². The molecular formula is C13H18N2O4S. The fraction of sp³-hybridized carbons (Fsp3) is 0.538. The topological polar surface area (TPSA) is 87.6 Å². The summed E-state index contributed by atoms with van der Waals surface area (Å²) in [5, 5.41) is 9.42. The van der Waals surface area contributed by atoms with Crippen molar-refractivity contribution in [2.24, 2.45) is 5.41 Å². The molecule has 0 amide bonds. The highest BCUT2D eigenvalue weighted by molar-refractivity contribution is 7.89. The fourth-order valence-corrected chi connectivity index (χ4v) is 4.14. The van der Waals surface area contributed by atoms with E-state index in [2.05, 4.69) is 4.98 Å². The highest BCUT2D eigenvalue weighted by atomic mass is 32.2. The zero-order valence-electron chi connectivity index (χ0n) is 11.3. The minimum absolute atomic E-state index is 0.0351. The van der Waals surface area contributed by atoms with Gasteiger partial charge in [0.1, 0.15) is 4.90 Å². The Balaban J connectivity index is 2.27. The van der Waals surface area contributed by atoms with E-state index in [1.165, 1.54) is 22.8 Å². The Bertz CT molecular complexity index is 588. The lowest BCUT2D eigenvalue weighted by Crippen LogP contribution is -2.36. The fourth-order valence-electron chi connectivity index (χ4n) is 2.65. The van der Waals surface area contributed by atoms with E-state index in [0.29, 0.717) is 19.3 Å². The number of hydrogen-bond acceptors (Lipinski definition) is 4. The molecule has 0 aliphatic carbocycles. The van der Waals surface area contributed by atoms with E-state index >= 15 is 0 Å². The first kappa shape index (κ1) is 14.9. The van der Waals surface area contributed by atoms with E-state index in [1.807, 2.05) is 6.92 Å². The lowest BCUT2D eigenvalue weighted by atomic mass is 9.83. The third-order valence-corrected chi connectivity index (χ3v) is 5.60. The number of nitrogens with zero attached hydrogens (tertiary/aromatic N) is 2. The molecule has 0 aromatic carbocycles. The summed E-state index contributed by atoms with van der Waals surface area (Å²) >= 11 is 0. The van der Waals surface area contributed by atoms with Crippen LogP contribution in [0.5, 0.6) is 0 Å². The Labute approximate surface area is 118 Å². The van der Waals surface area contributed by atoms with Crippen LogP contribution < -0.4 is 0 Å². The van der Waals surface area contributed by atoms with Crippen molar-refractivity contribution in [3.05, 3.63) is 24.5 Å². The first-order valence-electron chi connectivity index (χ1n) is 6.56. The summed E-state index contributed by atoms with van der Waals surface area (Å²) in [5.74, 6) is -0.914. The number of carbonyl (C=O) groups is 1. The third kappa shape index (κ3) is 2.55. The number of hydrogen-bond donors (Lipinski definition) is 1. The van der Waals surface area contributed by atoms with Crippen LogP contribution in [0.15, 0.2) is 29.4 Å². The zero-order valence-corrected chi connectivity index (χ0v) is 12.1. The molecule has 7 heteroatoms. The molecule has 1 unspecified atom stereocenters. The molecule has 1 aromatic rings. The summed E-state index contributed by atoms with van der Waals surface area (Å²) in [7, 11) is -3.65. The third-order valence-electron chi connectivity index (χ3n) is 3.77. The molecule has 0 saturated carbocycles. The van der Waals surface area contributed by atoms with Crippen LogP contribution in [0.4, 0.5) is 0 Å². The van der Waals surface area contributed by atoms with Crippen molar-refractivity contribution in [1.82, 2.24) is 9.29 Å². The maximum Gasteiger partial charge on any atom is 0.311 e. The summed E-state index contributed by atoms with van der Waals surface area (Å²) in [6.07, 6.45) is 4.35. The number of sulfonamides is 1. The molecule has 1 aliphatic rings. The smallest absolute Gasteiger partial charge is 0.311 e. The molecule has 110 valence electrons. The van der Waals surface area contributed by atoms with E-state index < -0.39 is 21.4 Å². The van der Waals surface area contributed by atoms with Crippen molar-refractivity contribution in [2.75, 3.05) is 13.1 Å². The number of aromatic nitrogens is 1. The van der Waals surface area contributed by atoms with Crippen LogP contribution in [0.3, 0.4) is 0 Å². The van der Waals surface area contributed by atoms with Crippen LogP contribution in [0.2, 0.25) is 0 Å². The number of rotatable bonds is 5. The van der Waals surface area contributed by atoms with Gasteiger partial charge in [-0.25, -0.2) is 8.42 Å². The van der Waals surface area contributed by atoms with Gasteiger partial charge in [0.2, 0.25) is 10.0 Å². The number of carboxylic acid groups (broad SMARTS) is 1. The largest absolute Gasteiger partial charge is 0.481 e. The van der Waals surface area contributed by atoms with Crippen LogP contribution in [0.1, 0.15) is 26.2 Å². The Morgan fingerprint density at radius 2 is 2.30 bits per heavy atom. The Kier molecular flexibility index (Phi) is 4.10. The van der Waals surface area contributed by atoms with Gasteiger partial charge >= 0.3 is 5.97 Å². The van der Waals surface area contributed by atoms with Crippen molar-refractivity contribution in [3.8, 4) is 0 Å². The average molecular weight is 298 g/mol. The molecule has 0 bridgehead atoms. The first-order valence-corrected chi connectivity index (χ1v) is 8.00. The molecule has 6 nitrogen and oxygen atoms in total. The van der Waals surface area contributed by atoms with Gasteiger partial charge < -0.3 is 5.11 Å². The Morgan fingerprint density at radius 3 is 2.85 bits per heavy atom. The SMILES string of the molecule is CCCC1(C(=O)O)CCN(S(=O)(=O)c2cccnc2)C1. The van der Waals surface area contributed by atoms with E-state index in [-0.39, 0.29) is 18.0 Å². The van der Waals surface area contributed by atoms with Gasteiger partial charge in [0.15, 0.2) is 0 Å². The minimum Gasteiger partial charge on any atom is -0.481 e. The molecule has 1 saturated heterocycles. The van der Waals surface area contributed by atoms with Gasteiger partial charge in [-0.15, -0.1) is 0 Å².